The average molecular weight is 422 g/mol. The fourth-order valence-electron chi connectivity index (χ4n) is 2.67. The third-order valence-electron chi connectivity index (χ3n) is 3.99. The smallest absolute Gasteiger partial charge is 0.224 e. The van der Waals surface area contributed by atoms with Gasteiger partial charge < -0.3 is 24.3 Å². The van der Waals surface area contributed by atoms with Gasteiger partial charge in [0.15, 0.2) is 23.0 Å². The summed E-state index contributed by atoms with van der Waals surface area (Å²) in [5.41, 5.74) is 1.66. The number of aryl methyl sites for hydroxylation is 1. The lowest BCUT2D eigenvalue weighted by Gasteiger charge is -2.20. The zero-order valence-electron chi connectivity index (χ0n) is 14.6. The summed E-state index contributed by atoms with van der Waals surface area (Å²) in [6.45, 7) is 1.03. The van der Waals surface area contributed by atoms with E-state index in [2.05, 4.69) is 21.2 Å². The van der Waals surface area contributed by atoms with Gasteiger partial charge in [0.2, 0.25) is 5.91 Å². The molecule has 6 nitrogen and oxygen atoms in total. The van der Waals surface area contributed by atoms with E-state index in [1.54, 1.807) is 26.4 Å². The van der Waals surface area contributed by atoms with Crippen LogP contribution >= 0.6 is 15.9 Å². The molecule has 2 aromatic rings. The van der Waals surface area contributed by atoms with Crippen LogP contribution in [0.5, 0.6) is 23.0 Å². The molecule has 0 unspecified atom stereocenters. The van der Waals surface area contributed by atoms with Crippen molar-refractivity contribution in [3.05, 3.63) is 40.4 Å². The SMILES string of the molecule is COc1ccc(CCC(=O)Nc2cc3c(cc2Br)OCCO3)cc1OC. The quantitative estimate of drug-likeness (QED) is 0.767. The second kappa shape index (κ2) is 8.31. The van der Waals surface area contributed by atoms with Gasteiger partial charge in [0.05, 0.1) is 19.9 Å². The van der Waals surface area contributed by atoms with E-state index in [0.717, 1.165) is 10.0 Å². The number of anilines is 1. The molecule has 0 aliphatic carbocycles. The summed E-state index contributed by atoms with van der Waals surface area (Å²) in [5, 5.41) is 2.90. The zero-order valence-corrected chi connectivity index (χ0v) is 16.2. The number of fused-ring (bicyclic) bond motifs is 1. The number of hydrogen-bond acceptors (Lipinski definition) is 5. The molecule has 1 heterocycles. The van der Waals surface area contributed by atoms with Gasteiger partial charge in [0.1, 0.15) is 13.2 Å². The van der Waals surface area contributed by atoms with E-state index >= 15 is 0 Å². The molecule has 3 rings (SSSR count). The molecule has 1 aliphatic rings. The Hall–Kier alpha value is -2.41. The van der Waals surface area contributed by atoms with Gasteiger partial charge in [-0.3, -0.25) is 4.79 Å². The van der Waals surface area contributed by atoms with Crippen LogP contribution in [-0.4, -0.2) is 33.3 Å². The zero-order chi connectivity index (χ0) is 18.5. The summed E-state index contributed by atoms with van der Waals surface area (Å²) in [4.78, 5) is 12.3. The molecule has 26 heavy (non-hydrogen) atoms. The summed E-state index contributed by atoms with van der Waals surface area (Å²) in [6.07, 6.45) is 0.935. The molecule has 1 aliphatic heterocycles. The third-order valence-corrected chi connectivity index (χ3v) is 4.65. The van der Waals surface area contributed by atoms with Gasteiger partial charge in [0, 0.05) is 23.0 Å². The number of rotatable bonds is 6. The van der Waals surface area contributed by atoms with Crippen molar-refractivity contribution in [3.63, 3.8) is 0 Å². The molecule has 0 radical (unpaired) electrons. The molecule has 0 spiro atoms. The normalized spacial score (nSPS) is 12.4. The predicted octanol–water partition coefficient (Wildman–Crippen LogP) is 3.81. The standard InChI is InChI=1S/C19H20BrNO5/c1-23-15-5-3-12(9-16(15)24-2)4-6-19(22)21-14-11-18-17(10-13(14)20)25-7-8-26-18/h3,5,9-11H,4,6-8H2,1-2H3,(H,21,22). The van der Waals surface area contributed by atoms with E-state index in [4.69, 9.17) is 18.9 Å². The Kier molecular flexibility index (Phi) is 5.88. The Labute approximate surface area is 160 Å². The van der Waals surface area contributed by atoms with Crippen LogP contribution in [0.1, 0.15) is 12.0 Å². The van der Waals surface area contributed by atoms with Crippen LogP contribution in [0.3, 0.4) is 0 Å². The molecule has 0 bridgehead atoms. The Balaban J connectivity index is 1.63. The van der Waals surface area contributed by atoms with Crippen LogP contribution in [0.4, 0.5) is 5.69 Å². The van der Waals surface area contributed by atoms with Gasteiger partial charge in [-0.2, -0.15) is 0 Å². The van der Waals surface area contributed by atoms with Crippen LogP contribution in [0.15, 0.2) is 34.8 Å². The van der Waals surface area contributed by atoms with Gasteiger partial charge in [-0.25, -0.2) is 0 Å². The van der Waals surface area contributed by atoms with Crippen LogP contribution in [0.2, 0.25) is 0 Å². The summed E-state index contributed by atoms with van der Waals surface area (Å²) in [6, 6.07) is 9.22. The van der Waals surface area contributed by atoms with Gasteiger partial charge in [-0.05, 0) is 40.0 Å². The number of hydrogen-bond donors (Lipinski definition) is 1. The molecular formula is C19H20BrNO5. The first-order chi connectivity index (χ1) is 12.6. The van der Waals surface area contributed by atoms with Crippen molar-refractivity contribution >= 4 is 27.5 Å². The van der Waals surface area contributed by atoms with Crippen molar-refractivity contribution in [2.45, 2.75) is 12.8 Å². The minimum Gasteiger partial charge on any atom is -0.493 e. The number of ether oxygens (including phenoxy) is 4. The Bertz CT molecular complexity index is 809. The van der Waals surface area contributed by atoms with E-state index in [-0.39, 0.29) is 5.91 Å². The average Bonchev–Trinajstić information content (AvgIpc) is 2.66. The maximum atomic E-state index is 12.3. The summed E-state index contributed by atoms with van der Waals surface area (Å²) < 4.78 is 22.3. The molecule has 0 fully saturated rings. The number of benzene rings is 2. The number of nitrogens with one attached hydrogen (secondary N) is 1. The summed E-state index contributed by atoms with van der Waals surface area (Å²) in [7, 11) is 3.18. The molecule has 1 amide bonds. The summed E-state index contributed by atoms with van der Waals surface area (Å²) >= 11 is 3.45. The van der Waals surface area contributed by atoms with E-state index in [0.29, 0.717) is 54.7 Å². The maximum Gasteiger partial charge on any atom is 0.224 e. The largest absolute Gasteiger partial charge is 0.493 e. The lowest BCUT2D eigenvalue weighted by Crippen LogP contribution is -2.17. The van der Waals surface area contributed by atoms with Crippen molar-refractivity contribution in [1.82, 2.24) is 0 Å². The Morgan fingerprint density at radius 2 is 1.77 bits per heavy atom. The van der Waals surface area contributed by atoms with E-state index in [1.807, 2.05) is 18.2 Å². The van der Waals surface area contributed by atoms with E-state index < -0.39 is 0 Å². The second-order valence-electron chi connectivity index (χ2n) is 5.71. The molecule has 7 heteroatoms. The first-order valence-corrected chi connectivity index (χ1v) is 9.00. The highest BCUT2D eigenvalue weighted by Gasteiger charge is 2.16. The van der Waals surface area contributed by atoms with Crippen molar-refractivity contribution in [3.8, 4) is 23.0 Å². The first kappa shape index (κ1) is 18.4. The highest BCUT2D eigenvalue weighted by atomic mass is 79.9. The van der Waals surface area contributed by atoms with E-state index in [9.17, 15) is 4.79 Å². The second-order valence-corrected chi connectivity index (χ2v) is 6.57. The minimum atomic E-state index is -0.0860. The molecule has 0 saturated carbocycles. The molecule has 1 N–H and O–H groups in total. The van der Waals surface area contributed by atoms with Crippen molar-refractivity contribution in [1.29, 1.82) is 0 Å². The number of carbonyl (C=O) groups is 1. The van der Waals surface area contributed by atoms with E-state index in [1.165, 1.54) is 0 Å². The molecular weight excluding hydrogens is 402 g/mol. The van der Waals surface area contributed by atoms with Gasteiger partial charge >= 0.3 is 0 Å². The lowest BCUT2D eigenvalue weighted by atomic mass is 10.1. The summed E-state index contributed by atoms with van der Waals surface area (Å²) in [5.74, 6) is 2.54. The Morgan fingerprint density at radius 1 is 1.08 bits per heavy atom. The number of amides is 1. The molecule has 2 aromatic carbocycles. The molecule has 138 valence electrons. The Morgan fingerprint density at radius 3 is 2.46 bits per heavy atom. The minimum absolute atomic E-state index is 0.0860. The molecule has 0 saturated heterocycles. The fraction of sp³-hybridized carbons (Fsp3) is 0.316. The van der Waals surface area contributed by atoms with Crippen molar-refractivity contribution in [2.75, 3.05) is 32.8 Å². The maximum absolute atomic E-state index is 12.3. The van der Waals surface area contributed by atoms with Crippen LogP contribution in [-0.2, 0) is 11.2 Å². The van der Waals surface area contributed by atoms with Gasteiger partial charge in [-0.1, -0.05) is 6.07 Å². The number of halogens is 1. The number of carbonyl (C=O) groups excluding carboxylic acids is 1. The van der Waals surface area contributed by atoms with Crippen molar-refractivity contribution in [2.24, 2.45) is 0 Å². The van der Waals surface area contributed by atoms with Gasteiger partial charge in [0.25, 0.3) is 0 Å². The predicted molar refractivity (Wildman–Crippen MR) is 102 cm³/mol. The molecule has 0 aromatic heterocycles. The fourth-order valence-corrected chi connectivity index (χ4v) is 3.09. The highest BCUT2D eigenvalue weighted by molar-refractivity contribution is 9.10. The monoisotopic (exact) mass is 421 g/mol. The van der Waals surface area contributed by atoms with Crippen LogP contribution in [0.25, 0.3) is 0 Å². The van der Waals surface area contributed by atoms with Gasteiger partial charge in [-0.15, -0.1) is 0 Å². The van der Waals surface area contributed by atoms with Crippen LogP contribution < -0.4 is 24.3 Å². The first-order valence-electron chi connectivity index (χ1n) is 8.20. The lowest BCUT2D eigenvalue weighted by molar-refractivity contribution is -0.116. The number of methoxy groups -OCH3 is 2. The molecule has 0 atom stereocenters. The van der Waals surface area contributed by atoms with Crippen LogP contribution in [0, 0.1) is 0 Å². The topological polar surface area (TPSA) is 66.0 Å². The highest BCUT2D eigenvalue weighted by Crippen LogP contribution is 2.38. The van der Waals surface area contributed by atoms with Crippen molar-refractivity contribution < 1.29 is 23.7 Å². The third kappa shape index (κ3) is 4.22.